The molecule has 2 heteroatoms. The van der Waals surface area contributed by atoms with Crippen LogP contribution in [0.2, 0.25) is 0 Å². The fourth-order valence-electron chi connectivity index (χ4n) is 2.25. The van der Waals surface area contributed by atoms with Gasteiger partial charge in [-0.05, 0) is 23.5 Å². The van der Waals surface area contributed by atoms with Gasteiger partial charge >= 0.3 is 0 Å². The Balaban J connectivity index is 2.78. The molecule has 0 heterocycles. The van der Waals surface area contributed by atoms with Crippen LogP contribution in [-0.4, -0.2) is 13.2 Å². The van der Waals surface area contributed by atoms with E-state index in [4.69, 9.17) is 4.74 Å². The molecule has 1 rings (SSSR count). The lowest BCUT2D eigenvalue weighted by molar-refractivity contribution is 0.137. The Morgan fingerprint density at radius 1 is 1.17 bits per heavy atom. The van der Waals surface area contributed by atoms with E-state index in [9.17, 15) is 5.11 Å². The highest BCUT2D eigenvalue weighted by Gasteiger charge is 2.23. The van der Waals surface area contributed by atoms with Crippen LogP contribution < -0.4 is 4.74 Å². The number of hydrogen-bond donors (Lipinski definition) is 0. The Hall–Kier alpha value is -1.02. The summed E-state index contributed by atoms with van der Waals surface area (Å²) in [6, 6.07) is 8.09. The Bertz CT molecular complexity index is 345. The third kappa shape index (κ3) is 4.34. The van der Waals surface area contributed by atoms with Crippen LogP contribution in [0.3, 0.4) is 0 Å². The summed E-state index contributed by atoms with van der Waals surface area (Å²) in [6.45, 7) is 6.79. The maximum Gasteiger partial charge on any atom is 0.123 e. The summed E-state index contributed by atoms with van der Waals surface area (Å²) in [7, 11) is 0. The van der Waals surface area contributed by atoms with Crippen molar-refractivity contribution in [3.05, 3.63) is 29.8 Å². The van der Waals surface area contributed by atoms with E-state index in [1.807, 2.05) is 18.2 Å². The molecule has 101 valence electrons. The summed E-state index contributed by atoms with van der Waals surface area (Å²) < 4.78 is 5.57. The second-order valence-electron chi connectivity index (χ2n) is 5.39. The number of hydrogen-bond acceptors (Lipinski definition) is 1. The summed E-state index contributed by atoms with van der Waals surface area (Å²) in [6.07, 6.45) is 4.90. The average Bonchev–Trinajstić information content (AvgIpc) is 2.37. The Labute approximate surface area is 111 Å². The first kappa shape index (κ1) is 15.0. The molecule has 0 aliphatic heterocycles. The second-order valence-corrected chi connectivity index (χ2v) is 5.39. The van der Waals surface area contributed by atoms with E-state index < -0.39 is 0 Å². The fraction of sp³-hybridized carbons (Fsp3) is 0.625. The highest BCUT2D eigenvalue weighted by atomic mass is 16.5. The van der Waals surface area contributed by atoms with E-state index in [1.165, 1.54) is 24.8 Å². The molecule has 1 aromatic carbocycles. The molecule has 0 atom stereocenters. The zero-order valence-electron chi connectivity index (χ0n) is 11.9. The number of benzene rings is 1. The molecule has 0 aromatic heterocycles. The van der Waals surface area contributed by atoms with Gasteiger partial charge < -0.3 is 4.74 Å². The van der Waals surface area contributed by atoms with Crippen LogP contribution in [0.4, 0.5) is 0 Å². The molecule has 1 aromatic rings. The van der Waals surface area contributed by atoms with Gasteiger partial charge in [-0.3, -0.25) is 0 Å². The highest BCUT2D eigenvalue weighted by molar-refractivity contribution is 5.38. The normalized spacial score (nSPS) is 11.6. The van der Waals surface area contributed by atoms with Gasteiger partial charge in [0.15, 0.2) is 0 Å². The van der Waals surface area contributed by atoms with Crippen LogP contribution in [0, 0.1) is 0 Å². The van der Waals surface area contributed by atoms with E-state index in [0.29, 0.717) is 0 Å². The first-order valence-corrected chi connectivity index (χ1v) is 6.92. The molecule has 1 radical (unpaired) electrons. The van der Waals surface area contributed by atoms with Gasteiger partial charge in [0.2, 0.25) is 0 Å². The molecular weight excluding hydrogens is 224 g/mol. The first-order chi connectivity index (χ1) is 8.61. The Kier molecular flexibility index (Phi) is 6.20. The summed E-state index contributed by atoms with van der Waals surface area (Å²) >= 11 is 0. The van der Waals surface area contributed by atoms with Crippen molar-refractivity contribution in [2.24, 2.45) is 0 Å². The minimum absolute atomic E-state index is 0.106. The monoisotopic (exact) mass is 249 g/mol. The molecule has 0 aliphatic rings. The Morgan fingerprint density at radius 3 is 2.56 bits per heavy atom. The molecule has 18 heavy (non-hydrogen) atoms. The van der Waals surface area contributed by atoms with Crippen molar-refractivity contribution in [1.82, 2.24) is 0 Å². The maximum atomic E-state index is 10.6. The second kappa shape index (κ2) is 7.42. The summed E-state index contributed by atoms with van der Waals surface area (Å²) in [5.74, 6) is 0.870. The van der Waals surface area contributed by atoms with E-state index in [2.05, 4.69) is 26.8 Å². The highest BCUT2D eigenvalue weighted by Crippen LogP contribution is 2.35. The first-order valence-electron chi connectivity index (χ1n) is 6.92. The molecule has 0 N–H and O–H groups in total. The minimum atomic E-state index is -0.190. The average molecular weight is 249 g/mol. The lowest BCUT2D eigenvalue weighted by Crippen LogP contribution is -2.19. The number of ether oxygens (including phenoxy) is 1. The van der Waals surface area contributed by atoms with Crippen molar-refractivity contribution in [3.8, 4) is 5.75 Å². The standard InChI is InChI=1S/C16H25O2/c1-4-5-8-11-16(2,3)14-9-6-7-10-15(14)18-13-12-17/h6-7,9-10H,4-5,8,11-13H2,1-3H3. The fourth-order valence-corrected chi connectivity index (χ4v) is 2.25. The van der Waals surface area contributed by atoms with Crippen molar-refractivity contribution in [2.45, 2.75) is 51.9 Å². The van der Waals surface area contributed by atoms with Crippen molar-refractivity contribution in [2.75, 3.05) is 13.2 Å². The van der Waals surface area contributed by atoms with Gasteiger partial charge in [0.25, 0.3) is 0 Å². The van der Waals surface area contributed by atoms with Gasteiger partial charge in [0.05, 0.1) is 0 Å². The van der Waals surface area contributed by atoms with E-state index in [1.54, 1.807) is 0 Å². The number of rotatable bonds is 8. The molecule has 2 nitrogen and oxygen atoms in total. The van der Waals surface area contributed by atoms with Crippen molar-refractivity contribution < 1.29 is 9.84 Å². The zero-order chi connectivity index (χ0) is 13.4. The third-order valence-electron chi connectivity index (χ3n) is 3.36. The predicted octanol–water partition coefficient (Wildman–Crippen LogP) is 4.35. The molecule has 0 amide bonds. The summed E-state index contributed by atoms with van der Waals surface area (Å²) in [5.41, 5.74) is 1.32. The largest absolute Gasteiger partial charge is 0.491 e. The van der Waals surface area contributed by atoms with Crippen molar-refractivity contribution in [3.63, 3.8) is 0 Å². The van der Waals surface area contributed by atoms with Crippen LogP contribution in [0.1, 0.15) is 52.0 Å². The quantitative estimate of drug-likeness (QED) is 0.629. The molecule has 0 fully saturated rings. The van der Waals surface area contributed by atoms with Crippen molar-refractivity contribution in [1.29, 1.82) is 0 Å². The van der Waals surface area contributed by atoms with Gasteiger partial charge in [0, 0.05) is 0 Å². The van der Waals surface area contributed by atoms with E-state index in [-0.39, 0.29) is 18.6 Å². The van der Waals surface area contributed by atoms with Gasteiger partial charge in [-0.15, -0.1) is 0 Å². The molecular formula is C16H25O2. The number of unbranched alkanes of at least 4 members (excludes halogenated alkanes) is 2. The predicted molar refractivity (Wildman–Crippen MR) is 74.7 cm³/mol. The van der Waals surface area contributed by atoms with Crippen LogP contribution in [-0.2, 0) is 10.5 Å². The summed E-state index contributed by atoms with van der Waals surface area (Å²) in [4.78, 5) is 0. The molecule has 0 unspecified atom stereocenters. The topological polar surface area (TPSA) is 29.1 Å². The molecule has 0 bridgehead atoms. The number of para-hydroxylation sites is 1. The molecule has 0 aliphatic carbocycles. The third-order valence-corrected chi connectivity index (χ3v) is 3.36. The maximum absolute atomic E-state index is 10.6. The van der Waals surface area contributed by atoms with E-state index >= 15 is 0 Å². The summed E-state index contributed by atoms with van der Waals surface area (Å²) in [5, 5.41) is 10.6. The zero-order valence-corrected chi connectivity index (χ0v) is 11.9. The SMILES string of the molecule is CCCCCC(C)(C)c1ccccc1OCC[O]. The van der Waals surface area contributed by atoms with E-state index in [0.717, 1.165) is 12.2 Å². The van der Waals surface area contributed by atoms with Gasteiger partial charge in [-0.2, -0.15) is 0 Å². The lowest BCUT2D eigenvalue weighted by Gasteiger charge is -2.27. The Morgan fingerprint density at radius 2 is 1.89 bits per heavy atom. The smallest absolute Gasteiger partial charge is 0.123 e. The van der Waals surface area contributed by atoms with Crippen LogP contribution in [0.15, 0.2) is 24.3 Å². The molecule has 0 saturated heterocycles. The van der Waals surface area contributed by atoms with Crippen LogP contribution in [0.25, 0.3) is 0 Å². The van der Waals surface area contributed by atoms with Crippen LogP contribution in [0.5, 0.6) is 5.75 Å². The van der Waals surface area contributed by atoms with Crippen LogP contribution >= 0.6 is 0 Å². The van der Waals surface area contributed by atoms with Gasteiger partial charge in [-0.1, -0.05) is 58.2 Å². The molecule has 0 spiro atoms. The minimum Gasteiger partial charge on any atom is -0.491 e. The van der Waals surface area contributed by atoms with Gasteiger partial charge in [0.1, 0.15) is 19.0 Å². The molecule has 0 saturated carbocycles. The lowest BCUT2D eigenvalue weighted by atomic mass is 9.79. The van der Waals surface area contributed by atoms with Gasteiger partial charge in [-0.25, -0.2) is 5.11 Å². The van der Waals surface area contributed by atoms with Crippen molar-refractivity contribution >= 4 is 0 Å².